The zero-order valence-corrected chi connectivity index (χ0v) is 9.75. The molecule has 0 rings (SSSR count). The van der Waals surface area contributed by atoms with Crippen LogP contribution < -0.4 is 16.4 Å². The van der Waals surface area contributed by atoms with Crippen LogP contribution in [0.4, 0.5) is 0 Å². The number of carbonyl (C=O) groups excluding carboxylic acids is 3. The molecular weight excluding hydrogens is 226 g/mol. The molecule has 0 fully saturated rings. The van der Waals surface area contributed by atoms with E-state index < -0.39 is 11.9 Å². The minimum absolute atomic E-state index is 0.0578. The molecule has 0 aliphatic rings. The SMILES string of the molecule is C=C(C)C(=O)OCCNC(=O)CNC(=O)CN. The monoisotopic (exact) mass is 243 g/mol. The summed E-state index contributed by atoms with van der Waals surface area (Å²) in [5.41, 5.74) is 5.33. The van der Waals surface area contributed by atoms with Gasteiger partial charge in [0.25, 0.3) is 0 Å². The molecule has 0 aromatic carbocycles. The molecule has 0 radical (unpaired) electrons. The highest BCUT2D eigenvalue weighted by molar-refractivity contribution is 5.87. The zero-order valence-electron chi connectivity index (χ0n) is 9.75. The van der Waals surface area contributed by atoms with Crippen molar-refractivity contribution in [2.75, 3.05) is 26.2 Å². The van der Waals surface area contributed by atoms with Gasteiger partial charge in [-0.05, 0) is 6.92 Å². The quantitative estimate of drug-likeness (QED) is 0.280. The van der Waals surface area contributed by atoms with Crippen molar-refractivity contribution in [3.05, 3.63) is 12.2 Å². The fraction of sp³-hybridized carbons (Fsp3) is 0.500. The van der Waals surface area contributed by atoms with Crippen molar-refractivity contribution in [1.29, 1.82) is 0 Å². The van der Waals surface area contributed by atoms with E-state index in [4.69, 9.17) is 10.5 Å². The molecule has 7 heteroatoms. The average Bonchev–Trinajstić information content (AvgIpc) is 2.30. The smallest absolute Gasteiger partial charge is 0.333 e. The summed E-state index contributed by atoms with van der Waals surface area (Å²) < 4.78 is 4.74. The molecule has 0 aromatic rings. The Balaban J connectivity index is 3.55. The zero-order chi connectivity index (χ0) is 13.3. The molecule has 0 atom stereocenters. The van der Waals surface area contributed by atoms with Crippen LogP contribution in [-0.4, -0.2) is 44.0 Å². The van der Waals surface area contributed by atoms with Gasteiger partial charge in [0.2, 0.25) is 11.8 Å². The average molecular weight is 243 g/mol. The summed E-state index contributed by atoms with van der Waals surface area (Å²) in [6, 6.07) is 0. The van der Waals surface area contributed by atoms with Gasteiger partial charge in [0, 0.05) is 5.57 Å². The van der Waals surface area contributed by atoms with Crippen LogP contribution in [0, 0.1) is 0 Å². The number of hydrogen-bond donors (Lipinski definition) is 3. The van der Waals surface area contributed by atoms with Gasteiger partial charge in [-0.3, -0.25) is 9.59 Å². The lowest BCUT2D eigenvalue weighted by atomic mass is 10.4. The number of hydrogen-bond acceptors (Lipinski definition) is 5. The van der Waals surface area contributed by atoms with E-state index in [1.54, 1.807) is 0 Å². The van der Waals surface area contributed by atoms with Gasteiger partial charge >= 0.3 is 5.97 Å². The maximum Gasteiger partial charge on any atom is 0.333 e. The molecule has 0 heterocycles. The molecule has 0 bridgehead atoms. The van der Waals surface area contributed by atoms with Gasteiger partial charge in [-0.2, -0.15) is 0 Å². The molecule has 96 valence electrons. The van der Waals surface area contributed by atoms with Gasteiger partial charge in [0.05, 0.1) is 19.6 Å². The first-order valence-electron chi connectivity index (χ1n) is 5.03. The standard InChI is InChI=1S/C10H17N3O4/c1-7(2)10(16)17-4-3-12-9(15)6-13-8(14)5-11/h1,3-6,11H2,2H3,(H,12,15)(H,13,14). The van der Waals surface area contributed by atoms with Crippen LogP contribution in [0.5, 0.6) is 0 Å². The van der Waals surface area contributed by atoms with Crippen LogP contribution in [0.2, 0.25) is 0 Å². The van der Waals surface area contributed by atoms with E-state index in [0.29, 0.717) is 5.57 Å². The Hall–Kier alpha value is -1.89. The molecule has 0 aliphatic heterocycles. The lowest BCUT2D eigenvalue weighted by Gasteiger charge is -2.07. The molecule has 2 amide bonds. The predicted molar refractivity (Wildman–Crippen MR) is 60.8 cm³/mol. The first-order valence-corrected chi connectivity index (χ1v) is 5.03. The summed E-state index contributed by atoms with van der Waals surface area (Å²) in [5.74, 6) is -1.29. The molecule has 4 N–H and O–H groups in total. The number of nitrogens with one attached hydrogen (secondary N) is 2. The highest BCUT2D eigenvalue weighted by atomic mass is 16.5. The van der Waals surface area contributed by atoms with E-state index in [1.807, 2.05) is 0 Å². The lowest BCUT2D eigenvalue weighted by Crippen LogP contribution is -2.40. The van der Waals surface area contributed by atoms with Crippen LogP contribution in [0.3, 0.4) is 0 Å². The van der Waals surface area contributed by atoms with Gasteiger partial charge < -0.3 is 21.1 Å². The first-order chi connectivity index (χ1) is 7.97. The fourth-order valence-corrected chi connectivity index (χ4v) is 0.771. The number of carbonyl (C=O) groups is 3. The lowest BCUT2D eigenvalue weighted by molar-refractivity contribution is -0.139. The largest absolute Gasteiger partial charge is 0.460 e. The second-order valence-corrected chi connectivity index (χ2v) is 3.25. The van der Waals surface area contributed by atoms with Crippen molar-refractivity contribution in [3.63, 3.8) is 0 Å². The molecule has 7 nitrogen and oxygen atoms in total. The summed E-state index contributed by atoms with van der Waals surface area (Å²) in [6.45, 7) is 4.86. The second-order valence-electron chi connectivity index (χ2n) is 3.25. The van der Waals surface area contributed by atoms with Crippen LogP contribution in [0.25, 0.3) is 0 Å². The molecule has 0 saturated carbocycles. The predicted octanol–water partition coefficient (Wildman–Crippen LogP) is -1.70. The van der Waals surface area contributed by atoms with E-state index in [2.05, 4.69) is 17.2 Å². The summed E-state index contributed by atoms with van der Waals surface area (Å²) >= 11 is 0. The Labute approximate surface area is 99.4 Å². The van der Waals surface area contributed by atoms with Crippen molar-refractivity contribution in [1.82, 2.24) is 10.6 Å². The third kappa shape index (κ3) is 7.97. The first kappa shape index (κ1) is 15.1. The minimum atomic E-state index is -0.504. The summed E-state index contributed by atoms with van der Waals surface area (Å²) in [7, 11) is 0. The highest BCUT2D eigenvalue weighted by Crippen LogP contribution is 1.90. The second kappa shape index (κ2) is 8.28. The fourth-order valence-electron chi connectivity index (χ4n) is 0.771. The van der Waals surface area contributed by atoms with Crippen LogP contribution >= 0.6 is 0 Å². The van der Waals surface area contributed by atoms with Crippen LogP contribution in [0.15, 0.2) is 12.2 Å². The minimum Gasteiger partial charge on any atom is -0.460 e. The summed E-state index contributed by atoms with van der Waals surface area (Å²) in [4.78, 5) is 32.8. The highest BCUT2D eigenvalue weighted by Gasteiger charge is 2.05. The van der Waals surface area contributed by atoms with Gasteiger partial charge in [-0.15, -0.1) is 0 Å². The Morgan fingerprint density at radius 1 is 1.24 bits per heavy atom. The van der Waals surface area contributed by atoms with Gasteiger partial charge in [0.1, 0.15) is 6.61 Å². The topological polar surface area (TPSA) is 111 Å². The number of ether oxygens (including phenoxy) is 1. The van der Waals surface area contributed by atoms with Crippen molar-refractivity contribution in [2.24, 2.45) is 5.73 Å². The molecule has 17 heavy (non-hydrogen) atoms. The number of amides is 2. The van der Waals surface area contributed by atoms with Crippen LogP contribution in [-0.2, 0) is 19.1 Å². The van der Waals surface area contributed by atoms with E-state index in [0.717, 1.165) is 0 Å². The van der Waals surface area contributed by atoms with Crippen molar-refractivity contribution in [3.8, 4) is 0 Å². The molecule has 0 unspecified atom stereocenters. The van der Waals surface area contributed by atoms with E-state index >= 15 is 0 Å². The summed E-state index contributed by atoms with van der Waals surface area (Å²) in [5, 5.41) is 4.76. The van der Waals surface area contributed by atoms with Gasteiger partial charge in [-0.25, -0.2) is 4.79 Å². The normalized spacial score (nSPS) is 9.29. The van der Waals surface area contributed by atoms with Crippen molar-refractivity contribution in [2.45, 2.75) is 6.92 Å². The van der Waals surface area contributed by atoms with Gasteiger partial charge in [-0.1, -0.05) is 6.58 Å². The Morgan fingerprint density at radius 2 is 1.88 bits per heavy atom. The van der Waals surface area contributed by atoms with Crippen LogP contribution in [0.1, 0.15) is 6.92 Å². The molecule has 0 aromatic heterocycles. The molecule has 0 spiro atoms. The number of nitrogens with two attached hydrogens (primary N) is 1. The number of esters is 1. The third-order valence-electron chi connectivity index (χ3n) is 1.64. The molecular formula is C10H17N3O4. The van der Waals surface area contributed by atoms with Crippen molar-refractivity contribution < 1.29 is 19.1 Å². The van der Waals surface area contributed by atoms with Crippen molar-refractivity contribution >= 4 is 17.8 Å². The number of rotatable bonds is 7. The maximum absolute atomic E-state index is 11.1. The van der Waals surface area contributed by atoms with E-state index in [1.165, 1.54) is 6.92 Å². The van der Waals surface area contributed by atoms with E-state index in [-0.39, 0.29) is 32.1 Å². The summed E-state index contributed by atoms with van der Waals surface area (Å²) in [6.07, 6.45) is 0. The Kier molecular flexibility index (Phi) is 7.36. The maximum atomic E-state index is 11.1. The Bertz CT molecular complexity index is 315. The Morgan fingerprint density at radius 3 is 2.41 bits per heavy atom. The van der Waals surface area contributed by atoms with Gasteiger partial charge in [0.15, 0.2) is 0 Å². The third-order valence-corrected chi connectivity index (χ3v) is 1.64. The molecule has 0 aliphatic carbocycles. The van der Waals surface area contributed by atoms with E-state index in [9.17, 15) is 14.4 Å². The molecule has 0 saturated heterocycles.